The normalized spacial score (nSPS) is 11.9. The number of anilines is 1. The summed E-state index contributed by atoms with van der Waals surface area (Å²) in [6.07, 6.45) is 0.723. The molecule has 0 saturated heterocycles. The third kappa shape index (κ3) is 6.57. The zero-order valence-electron chi connectivity index (χ0n) is 19.8. The highest BCUT2D eigenvalue weighted by Gasteiger charge is 2.23. The molecule has 1 aromatic heterocycles. The average Bonchev–Trinajstić information content (AvgIpc) is 3.48. The molecule has 0 saturated carbocycles. The van der Waals surface area contributed by atoms with Crippen molar-refractivity contribution in [2.24, 2.45) is 0 Å². The van der Waals surface area contributed by atoms with Crippen molar-refractivity contribution in [2.45, 2.75) is 33.4 Å². The predicted octanol–water partition coefficient (Wildman–Crippen LogP) is 5.55. The highest BCUT2D eigenvalue weighted by Crippen LogP contribution is 2.33. The minimum Gasteiger partial charge on any atom is -0.464 e. The molecule has 1 aliphatic heterocycles. The lowest BCUT2D eigenvalue weighted by Crippen LogP contribution is -2.44. The lowest BCUT2D eigenvalue weighted by molar-refractivity contribution is -0.133. The maximum absolute atomic E-state index is 13.5. The Morgan fingerprint density at radius 3 is 2.46 bits per heavy atom. The van der Waals surface area contributed by atoms with Crippen molar-refractivity contribution in [2.75, 3.05) is 25.2 Å². The maximum Gasteiger partial charge on any atom is 0.322 e. The number of benzene rings is 2. The van der Waals surface area contributed by atoms with Gasteiger partial charge in [0.25, 0.3) is 0 Å². The van der Waals surface area contributed by atoms with Crippen LogP contribution in [0.15, 0.2) is 63.5 Å². The second kappa shape index (κ2) is 11.3. The Morgan fingerprint density at radius 1 is 0.971 bits per heavy atom. The van der Waals surface area contributed by atoms with Crippen LogP contribution in [0.5, 0.6) is 11.5 Å². The molecule has 1 N–H and O–H groups in total. The van der Waals surface area contributed by atoms with Crippen LogP contribution in [0.2, 0.25) is 0 Å². The number of fused-ring (bicyclic) bond motifs is 1. The van der Waals surface area contributed by atoms with Gasteiger partial charge < -0.3 is 29.0 Å². The summed E-state index contributed by atoms with van der Waals surface area (Å²) in [5.74, 6) is 2.61. The first kappa shape index (κ1) is 24.7. The number of carbonyl (C=O) groups excluding carboxylic acids is 2. The van der Waals surface area contributed by atoms with Crippen molar-refractivity contribution in [3.8, 4) is 11.5 Å². The fraction of sp³-hybridized carbons (Fsp3) is 0.308. The lowest BCUT2D eigenvalue weighted by atomic mass is 10.2. The number of nitrogens with one attached hydrogen (secondary N) is 1. The molecule has 0 spiro atoms. The van der Waals surface area contributed by atoms with Gasteiger partial charge in [0.2, 0.25) is 12.7 Å². The van der Waals surface area contributed by atoms with Gasteiger partial charge in [-0.25, -0.2) is 4.79 Å². The smallest absolute Gasteiger partial charge is 0.322 e. The van der Waals surface area contributed by atoms with E-state index >= 15 is 0 Å². The summed E-state index contributed by atoms with van der Waals surface area (Å²) >= 11 is 3.39. The molecule has 9 heteroatoms. The van der Waals surface area contributed by atoms with Crippen molar-refractivity contribution >= 4 is 33.6 Å². The van der Waals surface area contributed by atoms with Crippen molar-refractivity contribution in [1.29, 1.82) is 0 Å². The number of rotatable bonds is 9. The van der Waals surface area contributed by atoms with E-state index in [-0.39, 0.29) is 31.8 Å². The zero-order valence-corrected chi connectivity index (χ0v) is 21.3. The minimum atomic E-state index is -0.320. The van der Waals surface area contributed by atoms with Crippen LogP contribution in [0, 0.1) is 6.92 Å². The third-order valence-corrected chi connectivity index (χ3v) is 6.04. The van der Waals surface area contributed by atoms with Crippen LogP contribution in [0.4, 0.5) is 10.5 Å². The number of ether oxygens (including phenoxy) is 2. The van der Waals surface area contributed by atoms with Crippen LogP contribution in [0.1, 0.15) is 30.4 Å². The van der Waals surface area contributed by atoms with Crippen molar-refractivity contribution in [3.63, 3.8) is 0 Å². The summed E-state index contributed by atoms with van der Waals surface area (Å²) < 4.78 is 17.5. The fourth-order valence-corrected chi connectivity index (χ4v) is 4.04. The first-order chi connectivity index (χ1) is 16.9. The largest absolute Gasteiger partial charge is 0.464 e. The second-order valence-corrected chi connectivity index (χ2v) is 9.22. The molecule has 3 amide bonds. The van der Waals surface area contributed by atoms with Gasteiger partial charge in [0.05, 0.1) is 6.54 Å². The van der Waals surface area contributed by atoms with Crippen LogP contribution >= 0.6 is 15.9 Å². The van der Waals surface area contributed by atoms with Gasteiger partial charge in [-0.15, -0.1) is 0 Å². The molecule has 2 heterocycles. The number of nitrogens with zero attached hydrogens (tertiary/aromatic N) is 2. The molecular weight excluding hydrogens is 514 g/mol. The standard InChI is InChI=1S/C26H28BrN3O5/c1-3-12-29(26(32)28-21-8-6-20(27)7-9-21)16-25(31)30(15-22-10-4-18(2)35-22)14-19-5-11-23-24(13-19)34-17-33-23/h4-11,13H,3,12,14-17H2,1-2H3,(H,28,32). The number of amides is 3. The summed E-state index contributed by atoms with van der Waals surface area (Å²) in [4.78, 5) is 29.7. The Morgan fingerprint density at radius 2 is 1.74 bits per heavy atom. The van der Waals surface area contributed by atoms with E-state index in [1.807, 2.05) is 56.3 Å². The summed E-state index contributed by atoms with van der Waals surface area (Å²) in [6, 6.07) is 16.3. The summed E-state index contributed by atoms with van der Waals surface area (Å²) in [7, 11) is 0. The van der Waals surface area contributed by atoms with Gasteiger partial charge in [-0.3, -0.25) is 4.79 Å². The molecule has 0 bridgehead atoms. The molecule has 184 valence electrons. The van der Waals surface area contributed by atoms with E-state index in [1.54, 1.807) is 17.0 Å². The molecule has 2 aromatic carbocycles. The average molecular weight is 542 g/mol. The first-order valence-electron chi connectivity index (χ1n) is 11.4. The van der Waals surface area contributed by atoms with Gasteiger partial charge in [0.15, 0.2) is 11.5 Å². The molecule has 0 aliphatic carbocycles. The van der Waals surface area contributed by atoms with E-state index < -0.39 is 0 Å². The number of furan rings is 1. The molecule has 35 heavy (non-hydrogen) atoms. The number of hydrogen-bond acceptors (Lipinski definition) is 5. The molecule has 3 aromatic rings. The van der Waals surface area contributed by atoms with E-state index in [0.29, 0.717) is 36.0 Å². The van der Waals surface area contributed by atoms with Gasteiger partial charge in [-0.2, -0.15) is 0 Å². The van der Waals surface area contributed by atoms with Crippen LogP contribution < -0.4 is 14.8 Å². The zero-order chi connectivity index (χ0) is 24.8. The minimum absolute atomic E-state index is 0.0551. The first-order valence-corrected chi connectivity index (χ1v) is 12.2. The number of aryl methyl sites for hydroxylation is 1. The predicted molar refractivity (Wildman–Crippen MR) is 135 cm³/mol. The molecule has 4 rings (SSSR count). The second-order valence-electron chi connectivity index (χ2n) is 8.31. The van der Waals surface area contributed by atoms with Crippen LogP contribution in [-0.2, 0) is 17.9 Å². The Balaban J connectivity index is 1.49. The molecule has 0 unspecified atom stereocenters. The molecule has 0 atom stereocenters. The van der Waals surface area contributed by atoms with Crippen LogP contribution in [0.25, 0.3) is 0 Å². The molecular formula is C26H28BrN3O5. The highest BCUT2D eigenvalue weighted by atomic mass is 79.9. The molecule has 0 radical (unpaired) electrons. The topological polar surface area (TPSA) is 84.2 Å². The summed E-state index contributed by atoms with van der Waals surface area (Å²) in [5.41, 5.74) is 1.56. The van der Waals surface area contributed by atoms with E-state index in [0.717, 1.165) is 22.2 Å². The summed E-state index contributed by atoms with van der Waals surface area (Å²) in [5, 5.41) is 2.88. The van der Waals surface area contributed by atoms with Crippen molar-refractivity contribution < 1.29 is 23.5 Å². The van der Waals surface area contributed by atoms with Gasteiger partial charge in [-0.1, -0.05) is 28.9 Å². The van der Waals surface area contributed by atoms with E-state index in [1.165, 1.54) is 4.90 Å². The number of carbonyl (C=O) groups is 2. The third-order valence-electron chi connectivity index (χ3n) is 5.51. The molecule has 1 aliphatic rings. The van der Waals surface area contributed by atoms with Gasteiger partial charge >= 0.3 is 6.03 Å². The van der Waals surface area contributed by atoms with Gasteiger partial charge in [-0.05, 0) is 67.4 Å². The quantitative estimate of drug-likeness (QED) is 0.383. The molecule has 8 nitrogen and oxygen atoms in total. The van der Waals surface area contributed by atoms with Crippen molar-refractivity contribution in [1.82, 2.24) is 9.80 Å². The number of urea groups is 1. The van der Waals surface area contributed by atoms with E-state index in [9.17, 15) is 9.59 Å². The van der Waals surface area contributed by atoms with Crippen LogP contribution in [0.3, 0.4) is 0 Å². The maximum atomic E-state index is 13.5. The lowest BCUT2D eigenvalue weighted by Gasteiger charge is -2.27. The van der Waals surface area contributed by atoms with Gasteiger partial charge in [0.1, 0.15) is 18.1 Å². The van der Waals surface area contributed by atoms with E-state index in [2.05, 4.69) is 21.2 Å². The number of hydrogen-bond donors (Lipinski definition) is 1. The monoisotopic (exact) mass is 541 g/mol. The Labute approximate surface area is 212 Å². The van der Waals surface area contributed by atoms with Crippen LogP contribution in [-0.4, -0.2) is 41.6 Å². The van der Waals surface area contributed by atoms with Crippen molar-refractivity contribution in [3.05, 3.63) is 76.2 Å². The number of halogens is 1. The molecule has 0 fully saturated rings. The van der Waals surface area contributed by atoms with E-state index in [4.69, 9.17) is 13.9 Å². The van der Waals surface area contributed by atoms with Gasteiger partial charge in [0, 0.05) is 23.2 Å². The SMILES string of the molecule is CCCN(CC(=O)N(Cc1ccc2c(c1)OCO2)Cc1ccc(C)o1)C(=O)Nc1ccc(Br)cc1. The summed E-state index contributed by atoms with van der Waals surface area (Å²) in [6.45, 7) is 5.04. The fourth-order valence-electron chi connectivity index (χ4n) is 3.77. The Bertz CT molecular complexity index is 1180. The Hall–Kier alpha value is -3.46. The Kier molecular flexibility index (Phi) is 7.97. The highest BCUT2D eigenvalue weighted by molar-refractivity contribution is 9.10.